The predicted molar refractivity (Wildman–Crippen MR) is 76.7 cm³/mol. The van der Waals surface area contributed by atoms with Crippen LogP contribution in [0.3, 0.4) is 0 Å². The lowest BCUT2D eigenvalue weighted by Crippen LogP contribution is -2.53. The number of hydrogen-bond donors (Lipinski definition) is 2. The van der Waals surface area contributed by atoms with Crippen LogP contribution in [-0.4, -0.2) is 30.9 Å². The minimum atomic E-state index is -0.473. The first-order valence-corrected chi connectivity index (χ1v) is 6.77. The number of piperidine rings is 1. The summed E-state index contributed by atoms with van der Waals surface area (Å²) in [5.74, 6) is 5.36. The number of carbonyl (C=O) groups is 1. The van der Waals surface area contributed by atoms with Gasteiger partial charge in [0.15, 0.2) is 0 Å². The highest BCUT2D eigenvalue weighted by Gasteiger charge is 2.42. The Morgan fingerprint density at radius 1 is 1.32 bits per heavy atom. The molecule has 0 radical (unpaired) electrons. The van der Waals surface area contributed by atoms with Gasteiger partial charge in [-0.1, -0.05) is 23.8 Å². The maximum absolute atomic E-state index is 12.4. The van der Waals surface area contributed by atoms with Crippen LogP contribution < -0.4 is 11.3 Å². The predicted octanol–water partition coefficient (Wildman–Crippen LogP) is 1.26. The molecule has 1 fully saturated rings. The summed E-state index contributed by atoms with van der Waals surface area (Å²) in [6.07, 6.45) is 1.63. The monoisotopic (exact) mass is 261 g/mol. The van der Waals surface area contributed by atoms with Gasteiger partial charge in [0, 0.05) is 0 Å². The van der Waals surface area contributed by atoms with Crippen molar-refractivity contribution in [2.75, 3.05) is 20.1 Å². The Kier molecular flexibility index (Phi) is 3.92. The van der Waals surface area contributed by atoms with Crippen molar-refractivity contribution >= 4 is 5.91 Å². The van der Waals surface area contributed by atoms with Crippen LogP contribution in [0.1, 0.15) is 29.5 Å². The highest BCUT2D eigenvalue weighted by Crippen LogP contribution is 2.37. The average Bonchev–Trinajstić information content (AvgIpc) is 2.39. The standard InChI is InChI=1S/C15H23N3O/c1-11-4-5-13(12(2)10-11)15(14(19)17-16)6-8-18(3)9-7-15/h4-5,10H,6-9,16H2,1-3H3,(H,17,19). The van der Waals surface area contributed by atoms with Crippen molar-refractivity contribution in [3.63, 3.8) is 0 Å². The highest BCUT2D eigenvalue weighted by molar-refractivity contribution is 5.88. The Labute approximate surface area is 114 Å². The zero-order valence-electron chi connectivity index (χ0n) is 12.0. The molecule has 4 heteroatoms. The Balaban J connectivity index is 2.46. The average molecular weight is 261 g/mol. The normalized spacial score (nSPS) is 19.2. The molecule has 0 spiro atoms. The molecule has 104 valence electrons. The third kappa shape index (κ3) is 2.51. The zero-order chi connectivity index (χ0) is 14.0. The van der Waals surface area contributed by atoms with E-state index in [-0.39, 0.29) is 5.91 Å². The number of benzene rings is 1. The van der Waals surface area contributed by atoms with E-state index >= 15 is 0 Å². The topological polar surface area (TPSA) is 58.4 Å². The number of nitrogens with one attached hydrogen (secondary N) is 1. The van der Waals surface area contributed by atoms with Crippen molar-refractivity contribution in [2.24, 2.45) is 5.84 Å². The maximum Gasteiger partial charge on any atom is 0.244 e. The molecule has 19 heavy (non-hydrogen) atoms. The van der Waals surface area contributed by atoms with Gasteiger partial charge in [0.25, 0.3) is 0 Å². The molecule has 0 bridgehead atoms. The Bertz CT molecular complexity index is 476. The molecular formula is C15H23N3O. The second kappa shape index (κ2) is 5.31. The maximum atomic E-state index is 12.4. The lowest BCUT2D eigenvalue weighted by atomic mass is 9.70. The lowest BCUT2D eigenvalue weighted by Gasteiger charge is -2.40. The van der Waals surface area contributed by atoms with E-state index in [4.69, 9.17) is 5.84 Å². The van der Waals surface area contributed by atoms with Gasteiger partial charge in [0.2, 0.25) is 5.91 Å². The number of hydrazine groups is 1. The molecule has 1 aliphatic heterocycles. The fourth-order valence-corrected chi connectivity index (χ4v) is 3.11. The van der Waals surface area contributed by atoms with Crippen LogP contribution in [0.2, 0.25) is 0 Å². The molecule has 4 nitrogen and oxygen atoms in total. The van der Waals surface area contributed by atoms with Crippen molar-refractivity contribution in [3.05, 3.63) is 34.9 Å². The van der Waals surface area contributed by atoms with Crippen LogP contribution in [0.5, 0.6) is 0 Å². The molecule has 1 aromatic rings. The summed E-state index contributed by atoms with van der Waals surface area (Å²) >= 11 is 0. The first-order valence-electron chi connectivity index (χ1n) is 6.77. The molecule has 3 N–H and O–H groups in total. The van der Waals surface area contributed by atoms with E-state index in [1.165, 1.54) is 11.1 Å². The van der Waals surface area contributed by atoms with E-state index in [0.29, 0.717) is 0 Å². The van der Waals surface area contributed by atoms with Crippen LogP contribution in [0.4, 0.5) is 0 Å². The van der Waals surface area contributed by atoms with Crippen molar-refractivity contribution in [1.29, 1.82) is 0 Å². The molecule has 0 atom stereocenters. The molecule has 1 aromatic carbocycles. The van der Waals surface area contributed by atoms with Crippen molar-refractivity contribution in [2.45, 2.75) is 32.1 Å². The quantitative estimate of drug-likeness (QED) is 0.479. The van der Waals surface area contributed by atoms with Crippen LogP contribution in [0, 0.1) is 13.8 Å². The van der Waals surface area contributed by atoms with Crippen LogP contribution >= 0.6 is 0 Å². The van der Waals surface area contributed by atoms with Gasteiger partial charge in [0.1, 0.15) is 0 Å². The second-order valence-electron chi connectivity index (χ2n) is 5.68. The third-order valence-electron chi connectivity index (χ3n) is 4.30. The van der Waals surface area contributed by atoms with Gasteiger partial charge >= 0.3 is 0 Å². The molecule has 2 rings (SSSR count). The van der Waals surface area contributed by atoms with E-state index in [0.717, 1.165) is 31.5 Å². The first kappa shape index (κ1) is 14.0. The van der Waals surface area contributed by atoms with Gasteiger partial charge < -0.3 is 4.90 Å². The molecular weight excluding hydrogens is 238 g/mol. The zero-order valence-corrected chi connectivity index (χ0v) is 12.0. The lowest BCUT2D eigenvalue weighted by molar-refractivity contribution is -0.128. The summed E-state index contributed by atoms with van der Waals surface area (Å²) in [6, 6.07) is 6.30. The molecule has 1 heterocycles. The molecule has 1 saturated heterocycles. The molecule has 0 saturated carbocycles. The fourth-order valence-electron chi connectivity index (χ4n) is 3.11. The van der Waals surface area contributed by atoms with E-state index in [9.17, 15) is 4.79 Å². The Morgan fingerprint density at radius 3 is 2.47 bits per heavy atom. The van der Waals surface area contributed by atoms with Gasteiger partial charge in [-0.2, -0.15) is 0 Å². The third-order valence-corrected chi connectivity index (χ3v) is 4.30. The van der Waals surface area contributed by atoms with Crippen molar-refractivity contribution in [1.82, 2.24) is 10.3 Å². The number of aryl methyl sites for hydroxylation is 2. The molecule has 1 aliphatic rings. The van der Waals surface area contributed by atoms with Crippen molar-refractivity contribution < 1.29 is 4.79 Å². The second-order valence-corrected chi connectivity index (χ2v) is 5.68. The SMILES string of the molecule is Cc1ccc(C2(C(=O)NN)CCN(C)CC2)c(C)c1. The largest absolute Gasteiger partial charge is 0.306 e. The van der Waals surface area contributed by atoms with Gasteiger partial charge in [-0.15, -0.1) is 0 Å². The summed E-state index contributed by atoms with van der Waals surface area (Å²) in [5.41, 5.74) is 5.41. The number of amides is 1. The summed E-state index contributed by atoms with van der Waals surface area (Å²) in [4.78, 5) is 14.6. The van der Waals surface area contributed by atoms with Gasteiger partial charge in [-0.25, -0.2) is 5.84 Å². The smallest absolute Gasteiger partial charge is 0.244 e. The van der Waals surface area contributed by atoms with Gasteiger partial charge in [0.05, 0.1) is 5.41 Å². The summed E-state index contributed by atoms with van der Waals surface area (Å²) in [5, 5.41) is 0. The summed E-state index contributed by atoms with van der Waals surface area (Å²) in [6.45, 7) is 5.98. The first-order chi connectivity index (χ1) is 8.99. The van der Waals surface area contributed by atoms with Gasteiger partial charge in [-0.3, -0.25) is 10.2 Å². The van der Waals surface area contributed by atoms with E-state index < -0.39 is 5.41 Å². The van der Waals surface area contributed by atoms with E-state index in [1.54, 1.807) is 0 Å². The van der Waals surface area contributed by atoms with Crippen LogP contribution in [0.25, 0.3) is 0 Å². The molecule has 0 unspecified atom stereocenters. The number of likely N-dealkylation sites (tertiary alicyclic amines) is 1. The Hall–Kier alpha value is -1.39. The van der Waals surface area contributed by atoms with Crippen LogP contribution in [0.15, 0.2) is 18.2 Å². The summed E-state index contributed by atoms with van der Waals surface area (Å²) in [7, 11) is 2.09. The fraction of sp³-hybridized carbons (Fsp3) is 0.533. The molecule has 1 amide bonds. The van der Waals surface area contributed by atoms with Crippen LogP contribution in [-0.2, 0) is 10.2 Å². The minimum Gasteiger partial charge on any atom is -0.306 e. The van der Waals surface area contributed by atoms with E-state index in [2.05, 4.69) is 49.4 Å². The number of nitrogens with two attached hydrogens (primary N) is 1. The molecule has 0 aromatic heterocycles. The number of hydrogen-bond acceptors (Lipinski definition) is 3. The number of carbonyl (C=O) groups excluding carboxylic acids is 1. The summed E-state index contributed by atoms with van der Waals surface area (Å²) < 4.78 is 0. The minimum absolute atomic E-state index is 0.0625. The highest BCUT2D eigenvalue weighted by atomic mass is 16.2. The van der Waals surface area contributed by atoms with Crippen molar-refractivity contribution in [3.8, 4) is 0 Å². The number of nitrogens with zero attached hydrogens (tertiary/aromatic N) is 1. The Morgan fingerprint density at radius 2 is 1.95 bits per heavy atom. The molecule has 0 aliphatic carbocycles. The number of rotatable bonds is 2. The van der Waals surface area contributed by atoms with Gasteiger partial charge in [-0.05, 0) is 58.0 Å². The van der Waals surface area contributed by atoms with E-state index in [1.807, 2.05) is 0 Å².